The van der Waals surface area contributed by atoms with Crippen molar-refractivity contribution in [2.45, 2.75) is 39.3 Å². The molecular weight excluding hydrogens is 497 g/mol. The lowest BCUT2D eigenvalue weighted by Gasteiger charge is -2.12. The number of halogens is 11. The summed E-state index contributed by atoms with van der Waals surface area (Å²) in [5.74, 6) is -1.04. The summed E-state index contributed by atoms with van der Waals surface area (Å²) in [7, 11) is 0. The van der Waals surface area contributed by atoms with Gasteiger partial charge in [0.2, 0.25) is 0 Å². The van der Waals surface area contributed by atoms with E-state index in [0.717, 1.165) is 23.8 Å². The number of rotatable bonds is 0. The maximum atomic E-state index is 12.2. The first-order chi connectivity index (χ1) is 15.8. The minimum atomic E-state index is -4.76. The van der Waals surface area contributed by atoms with Gasteiger partial charge in [0.1, 0.15) is 11.6 Å². The summed E-state index contributed by atoms with van der Waals surface area (Å²) in [5.41, 5.74) is -1.80. The van der Waals surface area contributed by atoms with E-state index in [2.05, 4.69) is 0 Å². The maximum absolute atomic E-state index is 12.2. The van der Waals surface area contributed by atoms with Gasteiger partial charge >= 0.3 is 18.5 Å². The number of hydrogen-bond donors (Lipinski definition) is 0. The van der Waals surface area contributed by atoms with Crippen LogP contribution in [0.3, 0.4) is 0 Å². The number of aryl methyl sites for hydroxylation is 3. The minimum Gasteiger partial charge on any atom is -0.207 e. The first-order valence-corrected chi connectivity index (χ1v) is 9.61. The fourth-order valence-corrected chi connectivity index (χ4v) is 2.54. The van der Waals surface area contributed by atoms with Crippen molar-refractivity contribution in [3.63, 3.8) is 0 Å². The number of alkyl halides is 9. The average molecular weight is 516 g/mol. The molecule has 0 fully saturated rings. The summed E-state index contributed by atoms with van der Waals surface area (Å²) in [6.45, 7) is 4.58. The Kier molecular flexibility index (Phi) is 9.87. The van der Waals surface area contributed by atoms with Crippen LogP contribution >= 0.6 is 0 Å². The molecule has 0 heterocycles. The normalized spacial score (nSPS) is 11.7. The smallest absolute Gasteiger partial charge is 0.207 e. The van der Waals surface area contributed by atoms with E-state index in [1.165, 1.54) is 31.2 Å². The van der Waals surface area contributed by atoms with Gasteiger partial charge < -0.3 is 0 Å². The molecule has 0 saturated heterocycles. The third-order valence-corrected chi connectivity index (χ3v) is 4.12. The van der Waals surface area contributed by atoms with Gasteiger partial charge in [-0.1, -0.05) is 17.7 Å². The van der Waals surface area contributed by atoms with Crippen LogP contribution < -0.4 is 0 Å². The van der Waals surface area contributed by atoms with E-state index in [1.807, 2.05) is 0 Å². The van der Waals surface area contributed by atoms with E-state index < -0.39 is 46.9 Å². The van der Waals surface area contributed by atoms with Crippen LogP contribution in [0.2, 0.25) is 0 Å². The predicted octanol–water partition coefficient (Wildman–Crippen LogP) is 9.32. The molecule has 3 rings (SSSR count). The molecule has 0 aliphatic carbocycles. The summed E-state index contributed by atoms with van der Waals surface area (Å²) >= 11 is 0. The lowest BCUT2D eigenvalue weighted by molar-refractivity contribution is -0.143. The second-order valence-electron chi connectivity index (χ2n) is 7.39. The zero-order valence-corrected chi connectivity index (χ0v) is 18.4. The van der Waals surface area contributed by atoms with E-state index >= 15 is 0 Å². The van der Waals surface area contributed by atoms with Crippen LogP contribution in [0, 0.1) is 32.4 Å². The van der Waals surface area contributed by atoms with Crippen molar-refractivity contribution >= 4 is 0 Å². The molecule has 0 unspecified atom stereocenters. The topological polar surface area (TPSA) is 0 Å². The van der Waals surface area contributed by atoms with Gasteiger partial charge in [0.25, 0.3) is 0 Å². The average Bonchev–Trinajstić information content (AvgIpc) is 2.65. The number of hydrogen-bond acceptors (Lipinski definition) is 0. The van der Waals surface area contributed by atoms with Crippen molar-refractivity contribution in [1.82, 2.24) is 0 Å². The van der Waals surface area contributed by atoms with Crippen LogP contribution in [0.15, 0.2) is 60.7 Å². The lowest BCUT2D eigenvalue weighted by atomic mass is 10.1. The highest BCUT2D eigenvalue weighted by molar-refractivity contribution is 5.32. The molecule has 0 radical (unpaired) electrons. The Bertz CT molecular complexity index is 1010. The largest absolute Gasteiger partial charge is 0.416 e. The third kappa shape index (κ3) is 10.8. The summed E-state index contributed by atoms with van der Waals surface area (Å²) in [5, 5.41) is 0. The van der Waals surface area contributed by atoms with E-state index in [1.54, 1.807) is 13.8 Å². The van der Waals surface area contributed by atoms with Crippen LogP contribution in [0.5, 0.6) is 0 Å². The molecule has 0 aliphatic rings. The monoisotopic (exact) mass is 516 g/mol. The highest BCUT2D eigenvalue weighted by Crippen LogP contribution is 2.36. The lowest BCUT2D eigenvalue weighted by Crippen LogP contribution is -2.11. The summed E-state index contributed by atoms with van der Waals surface area (Å²) in [6.07, 6.45) is -13.7. The summed E-state index contributed by atoms with van der Waals surface area (Å²) in [6, 6.07) is 9.92. The fraction of sp³-hybridized carbons (Fsp3) is 0.250. The first kappa shape index (κ1) is 29.9. The molecule has 0 saturated carbocycles. The third-order valence-electron chi connectivity index (χ3n) is 4.12. The zero-order chi connectivity index (χ0) is 27.2. The Morgan fingerprint density at radius 3 is 1.06 bits per heavy atom. The Balaban J connectivity index is 0.000000272. The minimum absolute atomic E-state index is 0.0721. The molecule has 0 atom stereocenters. The van der Waals surface area contributed by atoms with Crippen molar-refractivity contribution in [3.05, 3.63) is 106 Å². The van der Waals surface area contributed by atoms with Crippen molar-refractivity contribution in [2.24, 2.45) is 0 Å². The zero-order valence-electron chi connectivity index (χ0n) is 18.4. The van der Waals surface area contributed by atoms with Crippen LogP contribution in [0.1, 0.15) is 33.4 Å². The molecule has 35 heavy (non-hydrogen) atoms. The molecule has 0 nitrogen and oxygen atoms in total. The van der Waals surface area contributed by atoms with Crippen LogP contribution in [-0.4, -0.2) is 0 Å². The van der Waals surface area contributed by atoms with Gasteiger partial charge in [-0.25, -0.2) is 8.78 Å². The van der Waals surface area contributed by atoms with Gasteiger partial charge in [-0.15, -0.1) is 0 Å². The van der Waals surface area contributed by atoms with Crippen LogP contribution in [0.4, 0.5) is 48.3 Å². The highest BCUT2D eigenvalue weighted by atomic mass is 19.4. The van der Waals surface area contributed by atoms with Gasteiger partial charge in [0, 0.05) is 6.07 Å². The Morgan fingerprint density at radius 2 is 0.743 bits per heavy atom. The van der Waals surface area contributed by atoms with Crippen LogP contribution in [0.25, 0.3) is 0 Å². The van der Waals surface area contributed by atoms with Crippen molar-refractivity contribution in [2.75, 3.05) is 0 Å². The molecule has 0 amide bonds. The molecule has 0 bridgehead atoms. The number of benzene rings is 3. The molecule has 11 heteroatoms. The van der Waals surface area contributed by atoms with E-state index in [-0.39, 0.29) is 11.6 Å². The standard InChI is InChI=1S/C9H6F6.C8H7F3.C7H6F2/c1-5-2-6(8(10,11)12)4-7(3-5)9(13,14)15;1-6-2-4-7(5-3-6)8(9,10)11;1-5-2-6(8)4-7(9)3-5/h2-4H,1H3;2-5H,1H3;2-4H,1H3. The second kappa shape index (κ2) is 11.5. The SMILES string of the molecule is Cc1cc(C(F)(F)F)cc(C(F)(F)F)c1.Cc1cc(F)cc(F)c1.Cc1ccc(C(F)(F)F)cc1. The molecular formula is C24H19F11. The maximum Gasteiger partial charge on any atom is 0.416 e. The Labute approximate surface area is 194 Å². The molecule has 0 aromatic heterocycles. The molecule has 3 aromatic rings. The predicted molar refractivity (Wildman–Crippen MR) is 108 cm³/mol. The Hall–Kier alpha value is -3.11. The van der Waals surface area contributed by atoms with Gasteiger partial charge in [0.15, 0.2) is 0 Å². The van der Waals surface area contributed by atoms with Crippen molar-refractivity contribution in [1.29, 1.82) is 0 Å². The van der Waals surface area contributed by atoms with Gasteiger partial charge in [0.05, 0.1) is 16.7 Å². The molecule has 192 valence electrons. The molecule has 0 spiro atoms. The van der Waals surface area contributed by atoms with Crippen LogP contribution in [-0.2, 0) is 18.5 Å². The highest BCUT2D eigenvalue weighted by Gasteiger charge is 2.36. The van der Waals surface area contributed by atoms with E-state index in [0.29, 0.717) is 17.7 Å². The van der Waals surface area contributed by atoms with Gasteiger partial charge in [-0.3, -0.25) is 0 Å². The van der Waals surface area contributed by atoms with Crippen molar-refractivity contribution in [3.8, 4) is 0 Å². The van der Waals surface area contributed by atoms with E-state index in [9.17, 15) is 48.3 Å². The second-order valence-corrected chi connectivity index (χ2v) is 7.39. The quantitative estimate of drug-likeness (QED) is 0.261. The van der Waals surface area contributed by atoms with Crippen molar-refractivity contribution < 1.29 is 48.3 Å². The summed E-state index contributed by atoms with van der Waals surface area (Å²) < 4.78 is 133. The molecule has 0 N–H and O–H groups in total. The molecule has 3 aromatic carbocycles. The first-order valence-electron chi connectivity index (χ1n) is 9.61. The fourth-order valence-electron chi connectivity index (χ4n) is 2.54. The summed E-state index contributed by atoms with van der Waals surface area (Å²) in [4.78, 5) is 0. The van der Waals surface area contributed by atoms with Gasteiger partial charge in [-0.05, 0) is 74.4 Å². The Morgan fingerprint density at radius 1 is 0.400 bits per heavy atom. The van der Waals surface area contributed by atoms with E-state index in [4.69, 9.17) is 0 Å². The van der Waals surface area contributed by atoms with Gasteiger partial charge in [-0.2, -0.15) is 39.5 Å². The molecule has 0 aliphatic heterocycles.